The molecule has 3 heterocycles. The molecular weight excluding hydrogens is 511 g/mol. The molecule has 1 aliphatic heterocycles. The Balaban J connectivity index is 1.69. The zero-order chi connectivity index (χ0) is 24.0. The lowest BCUT2D eigenvalue weighted by atomic mass is 9.96. The van der Waals surface area contributed by atoms with E-state index < -0.39 is 0 Å². The lowest BCUT2D eigenvalue weighted by Gasteiger charge is -2.28. The second-order valence-corrected chi connectivity index (χ2v) is 9.87. The maximum atomic E-state index is 14.1. The first kappa shape index (κ1) is 22.7. The Morgan fingerprint density at radius 2 is 1.79 bits per heavy atom. The van der Waals surface area contributed by atoms with E-state index in [9.17, 15) is 4.39 Å². The smallest absolute Gasteiger partial charge is 0.174 e. The molecular formula is C27H24BrFN4S. The number of hydrogen-bond donors (Lipinski definition) is 1. The third-order valence-corrected chi connectivity index (χ3v) is 7.18. The first-order chi connectivity index (χ1) is 16.3. The van der Waals surface area contributed by atoms with Gasteiger partial charge in [0.15, 0.2) is 5.11 Å². The number of nitrogens with zero attached hydrogens (tertiary/aromatic N) is 3. The van der Waals surface area contributed by atoms with Crippen LogP contribution in [0.1, 0.15) is 40.3 Å². The standard InChI is InChI=1S/C27H24BrFN4S/c1-16-13-21(10-11-23(16)29)33-26(25(31-27(33)34)24-9-4-5-12-30-24)22-14-17(2)32(18(22)3)20-8-6-7-19(28)15-20/h4-15,25-26H,1-3H3,(H,31,34)/t25-,26-/m0/s1. The topological polar surface area (TPSA) is 33.1 Å². The normalized spacial score (nSPS) is 17.8. The Labute approximate surface area is 212 Å². The van der Waals surface area contributed by atoms with E-state index in [1.165, 1.54) is 6.07 Å². The van der Waals surface area contributed by atoms with Crippen molar-refractivity contribution in [2.45, 2.75) is 32.9 Å². The number of pyridine rings is 1. The lowest BCUT2D eigenvalue weighted by Crippen LogP contribution is -2.29. The minimum Gasteiger partial charge on any atom is -0.351 e. The number of benzene rings is 2. The Bertz CT molecular complexity index is 1380. The van der Waals surface area contributed by atoms with Crippen molar-refractivity contribution in [1.82, 2.24) is 14.9 Å². The molecule has 172 valence electrons. The molecule has 4 nitrogen and oxygen atoms in total. The maximum absolute atomic E-state index is 14.1. The fraction of sp³-hybridized carbons (Fsp3) is 0.185. The molecule has 2 atom stereocenters. The summed E-state index contributed by atoms with van der Waals surface area (Å²) in [6, 6.07) is 21.2. The van der Waals surface area contributed by atoms with Crippen LogP contribution in [0.25, 0.3) is 5.69 Å². The van der Waals surface area contributed by atoms with Gasteiger partial charge < -0.3 is 14.8 Å². The highest BCUT2D eigenvalue weighted by atomic mass is 79.9. The van der Waals surface area contributed by atoms with Gasteiger partial charge in [-0.25, -0.2) is 4.39 Å². The molecule has 7 heteroatoms. The fourth-order valence-electron chi connectivity index (χ4n) is 4.83. The van der Waals surface area contributed by atoms with Crippen molar-refractivity contribution in [1.29, 1.82) is 0 Å². The third kappa shape index (κ3) is 3.93. The van der Waals surface area contributed by atoms with Crippen LogP contribution in [0.4, 0.5) is 10.1 Å². The minimum absolute atomic E-state index is 0.153. The van der Waals surface area contributed by atoms with Crippen LogP contribution in [0.15, 0.2) is 77.4 Å². The molecule has 2 aromatic heterocycles. The van der Waals surface area contributed by atoms with Gasteiger partial charge in [-0.3, -0.25) is 4.98 Å². The highest BCUT2D eigenvalue weighted by molar-refractivity contribution is 9.10. The Morgan fingerprint density at radius 1 is 0.971 bits per heavy atom. The van der Waals surface area contributed by atoms with Crippen molar-refractivity contribution in [2.24, 2.45) is 0 Å². The zero-order valence-corrected chi connectivity index (χ0v) is 21.5. The van der Waals surface area contributed by atoms with Crippen molar-refractivity contribution >= 4 is 38.9 Å². The molecule has 34 heavy (non-hydrogen) atoms. The molecule has 1 aliphatic rings. The molecule has 2 aromatic carbocycles. The molecule has 1 N–H and O–H groups in total. The summed E-state index contributed by atoms with van der Waals surface area (Å²) >= 11 is 9.42. The van der Waals surface area contributed by atoms with Crippen LogP contribution in [0.2, 0.25) is 0 Å². The van der Waals surface area contributed by atoms with Gasteiger partial charge in [0.2, 0.25) is 0 Å². The van der Waals surface area contributed by atoms with Crippen molar-refractivity contribution < 1.29 is 4.39 Å². The van der Waals surface area contributed by atoms with Crippen molar-refractivity contribution in [2.75, 3.05) is 4.90 Å². The number of hydrogen-bond acceptors (Lipinski definition) is 2. The van der Waals surface area contributed by atoms with Crippen molar-refractivity contribution in [3.05, 3.63) is 111 Å². The van der Waals surface area contributed by atoms with E-state index in [1.54, 1.807) is 19.2 Å². The average Bonchev–Trinajstić information content (AvgIpc) is 3.31. The minimum atomic E-state index is -0.229. The quantitative estimate of drug-likeness (QED) is 0.289. The summed E-state index contributed by atoms with van der Waals surface area (Å²) in [4.78, 5) is 6.73. The Morgan fingerprint density at radius 3 is 2.50 bits per heavy atom. The Hall–Kier alpha value is -3.03. The van der Waals surface area contributed by atoms with Crippen molar-refractivity contribution in [3.63, 3.8) is 0 Å². The maximum Gasteiger partial charge on any atom is 0.174 e. The number of nitrogens with one attached hydrogen (secondary N) is 1. The van der Waals surface area contributed by atoms with E-state index in [2.05, 4.69) is 67.7 Å². The molecule has 5 rings (SSSR count). The molecule has 0 aliphatic carbocycles. The van der Waals surface area contributed by atoms with E-state index in [0.717, 1.165) is 38.5 Å². The molecule has 0 amide bonds. The van der Waals surface area contributed by atoms with E-state index >= 15 is 0 Å². The van der Waals surface area contributed by atoms with E-state index in [-0.39, 0.29) is 17.9 Å². The molecule has 0 radical (unpaired) electrons. The van der Waals surface area contributed by atoms with Gasteiger partial charge in [-0.05, 0) is 98.7 Å². The van der Waals surface area contributed by atoms with Crippen LogP contribution in [0.5, 0.6) is 0 Å². The molecule has 0 saturated carbocycles. The van der Waals surface area contributed by atoms with Gasteiger partial charge in [0, 0.05) is 33.4 Å². The van der Waals surface area contributed by atoms with E-state index in [1.807, 2.05) is 36.4 Å². The van der Waals surface area contributed by atoms with Gasteiger partial charge in [-0.2, -0.15) is 0 Å². The second kappa shape index (κ2) is 8.96. The van der Waals surface area contributed by atoms with Gasteiger partial charge in [0.05, 0.1) is 17.8 Å². The monoisotopic (exact) mass is 534 g/mol. The number of aryl methyl sites for hydroxylation is 2. The summed E-state index contributed by atoms with van der Waals surface area (Å²) < 4.78 is 17.4. The lowest BCUT2D eigenvalue weighted by molar-refractivity contribution is 0.564. The number of aromatic nitrogens is 2. The predicted molar refractivity (Wildman–Crippen MR) is 142 cm³/mol. The summed E-state index contributed by atoms with van der Waals surface area (Å²) in [7, 11) is 0. The van der Waals surface area contributed by atoms with Crippen LogP contribution in [0, 0.1) is 26.6 Å². The number of thiocarbonyl (C=S) groups is 1. The summed E-state index contributed by atoms with van der Waals surface area (Å²) in [6.07, 6.45) is 1.80. The summed E-state index contributed by atoms with van der Waals surface area (Å²) in [5, 5.41) is 4.09. The number of halogens is 2. The Kier molecular flexibility index (Phi) is 6.00. The number of rotatable bonds is 4. The van der Waals surface area contributed by atoms with Gasteiger partial charge >= 0.3 is 0 Å². The van der Waals surface area contributed by atoms with Gasteiger partial charge in [0.25, 0.3) is 0 Å². The molecule has 1 saturated heterocycles. The molecule has 0 bridgehead atoms. The summed E-state index contributed by atoms with van der Waals surface area (Å²) in [6.45, 7) is 6.02. The highest BCUT2D eigenvalue weighted by Crippen LogP contribution is 2.44. The van der Waals surface area contributed by atoms with Crippen molar-refractivity contribution in [3.8, 4) is 5.69 Å². The first-order valence-electron chi connectivity index (χ1n) is 11.1. The van der Waals surface area contributed by atoms with Crippen LogP contribution < -0.4 is 10.2 Å². The van der Waals surface area contributed by atoms with Crippen LogP contribution in [-0.2, 0) is 0 Å². The largest absolute Gasteiger partial charge is 0.351 e. The molecule has 1 fully saturated rings. The van der Waals surface area contributed by atoms with Crippen LogP contribution in [-0.4, -0.2) is 14.7 Å². The van der Waals surface area contributed by atoms with E-state index in [0.29, 0.717) is 10.7 Å². The summed E-state index contributed by atoms with van der Waals surface area (Å²) in [5.74, 6) is -0.229. The molecule has 4 aromatic rings. The van der Waals surface area contributed by atoms with Gasteiger partial charge in [0.1, 0.15) is 5.82 Å². The first-order valence-corrected chi connectivity index (χ1v) is 12.3. The second-order valence-electron chi connectivity index (χ2n) is 8.57. The summed E-state index contributed by atoms with van der Waals surface area (Å²) in [5.41, 5.74) is 6.82. The van der Waals surface area contributed by atoms with Crippen LogP contribution in [0.3, 0.4) is 0 Å². The van der Waals surface area contributed by atoms with Crippen LogP contribution >= 0.6 is 28.1 Å². The molecule has 0 spiro atoms. The average molecular weight is 535 g/mol. The third-order valence-electron chi connectivity index (χ3n) is 6.37. The fourth-order valence-corrected chi connectivity index (χ4v) is 5.56. The van der Waals surface area contributed by atoms with Gasteiger partial charge in [-0.1, -0.05) is 28.1 Å². The molecule has 0 unspecified atom stereocenters. The SMILES string of the molecule is Cc1cc(N2C(=S)N[C@@H](c3ccccn3)[C@@H]2c2cc(C)n(-c3cccc(Br)c3)c2C)ccc1F. The predicted octanol–water partition coefficient (Wildman–Crippen LogP) is 6.88. The van der Waals surface area contributed by atoms with E-state index in [4.69, 9.17) is 12.2 Å². The highest BCUT2D eigenvalue weighted by Gasteiger charge is 2.42. The van der Waals surface area contributed by atoms with Gasteiger partial charge in [-0.15, -0.1) is 0 Å². The number of anilines is 1. The zero-order valence-electron chi connectivity index (χ0n) is 19.1.